The van der Waals surface area contributed by atoms with Gasteiger partial charge in [0.1, 0.15) is 23.4 Å². The summed E-state index contributed by atoms with van der Waals surface area (Å²) in [5.41, 5.74) is 4.51. The Hall–Kier alpha value is -5.60. The molecule has 0 saturated carbocycles. The zero-order chi connectivity index (χ0) is 39.9. The summed E-state index contributed by atoms with van der Waals surface area (Å²) in [4.78, 5) is 58.6. The molecule has 294 valence electrons. The van der Waals surface area contributed by atoms with E-state index in [1.54, 1.807) is 44.2 Å². The third-order valence-electron chi connectivity index (χ3n) is 10.5. The molecule has 4 aromatic rings. The van der Waals surface area contributed by atoms with Gasteiger partial charge < -0.3 is 26.3 Å². The summed E-state index contributed by atoms with van der Waals surface area (Å²) in [5, 5.41) is 11.3. The highest BCUT2D eigenvalue weighted by atomic mass is 19.4. The number of hydrazine groups is 1. The molecule has 15 heteroatoms. The summed E-state index contributed by atoms with van der Waals surface area (Å²) in [7, 11) is 0. The van der Waals surface area contributed by atoms with Crippen molar-refractivity contribution in [3.63, 3.8) is 0 Å². The molecule has 2 unspecified atom stereocenters. The van der Waals surface area contributed by atoms with Crippen molar-refractivity contribution in [2.75, 3.05) is 5.43 Å². The number of alkyl halides is 3. The van der Waals surface area contributed by atoms with Crippen LogP contribution in [0.1, 0.15) is 69.3 Å². The monoisotopic (exact) mass is 765 g/mol. The highest BCUT2D eigenvalue weighted by Crippen LogP contribution is 2.40. The van der Waals surface area contributed by atoms with Crippen molar-refractivity contribution in [3.05, 3.63) is 101 Å². The molecule has 1 heterocycles. The maximum absolute atomic E-state index is 14.7. The van der Waals surface area contributed by atoms with Gasteiger partial charge in [-0.3, -0.25) is 25.2 Å². The summed E-state index contributed by atoms with van der Waals surface area (Å²) in [6, 6.07) is 15.6. The molecular formula is C40H47F4N7O4. The third-order valence-corrected chi connectivity index (χ3v) is 10.5. The SMILES string of the molecule is CCC(C)[C@H](NC(=O)NCc1ccccc1F)C(=O)N[C@]1(C(=O)N[C@H](C(=O)NNc2ccccc2)C(C)CC)CCc2[nH]c3c(C(F)(F)F)cccc3c2C1. The first-order valence-electron chi connectivity index (χ1n) is 18.4. The standard InChI is InChI=1S/C40H47F4N7O4/c1-5-23(3)32(48-38(55)45-22-25-13-10-11-18-30(25)41)35(52)49-39(20-19-31-28(21-39)27-16-12-17-29(34(27)46-31)40(42,43)44)37(54)47-33(24(4)6-2)36(53)51-50-26-14-8-7-9-15-26/h7-18,23-24,32-33,46,50H,5-6,19-22H2,1-4H3,(H,47,54)(H,49,52)(H,51,53)(H2,45,48,55)/t23?,24?,32-,33-,39+/m0/s1. The van der Waals surface area contributed by atoms with E-state index in [4.69, 9.17) is 0 Å². The van der Waals surface area contributed by atoms with E-state index in [-0.39, 0.29) is 48.2 Å². The Morgan fingerprint density at radius 3 is 2.15 bits per heavy atom. The first kappa shape index (κ1) is 40.6. The van der Waals surface area contributed by atoms with Gasteiger partial charge in [-0.1, -0.05) is 89.1 Å². The zero-order valence-electron chi connectivity index (χ0n) is 31.1. The number of para-hydroxylation sites is 2. The lowest BCUT2D eigenvalue weighted by molar-refractivity contribution is -0.138. The van der Waals surface area contributed by atoms with Crippen LogP contribution in [0.3, 0.4) is 0 Å². The number of rotatable bonds is 14. The molecule has 0 spiro atoms. The number of aromatic nitrogens is 1. The summed E-state index contributed by atoms with van der Waals surface area (Å²) >= 11 is 0. The lowest BCUT2D eigenvalue weighted by Crippen LogP contribution is -2.67. The van der Waals surface area contributed by atoms with E-state index in [1.807, 2.05) is 19.9 Å². The van der Waals surface area contributed by atoms with Gasteiger partial charge in [-0.15, -0.1) is 0 Å². The summed E-state index contributed by atoms with van der Waals surface area (Å²) in [5.74, 6) is -3.28. The topological polar surface area (TPSA) is 156 Å². The number of anilines is 1. The van der Waals surface area contributed by atoms with Gasteiger partial charge >= 0.3 is 12.2 Å². The minimum absolute atomic E-state index is 0.0322. The van der Waals surface area contributed by atoms with Crippen LogP contribution in [0.15, 0.2) is 72.8 Å². The Kier molecular flexibility index (Phi) is 12.7. The third kappa shape index (κ3) is 9.38. The second-order valence-electron chi connectivity index (χ2n) is 14.2. The Balaban J connectivity index is 1.47. The normalized spacial score (nSPS) is 17.5. The number of H-pyrrole nitrogens is 1. The number of benzene rings is 3. The second-order valence-corrected chi connectivity index (χ2v) is 14.2. The number of carbonyl (C=O) groups is 4. The number of amides is 5. The summed E-state index contributed by atoms with van der Waals surface area (Å²) < 4.78 is 56.4. The first-order valence-corrected chi connectivity index (χ1v) is 18.4. The molecule has 1 aromatic heterocycles. The van der Waals surface area contributed by atoms with Crippen molar-refractivity contribution in [1.29, 1.82) is 0 Å². The van der Waals surface area contributed by atoms with Gasteiger partial charge in [0, 0.05) is 29.6 Å². The maximum Gasteiger partial charge on any atom is 0.418 e. The molecule has 0 saturated heterocycles. The predicted molar refractivity (Wildman–Crippen MR) is 201 cm³/mol. The fraction of sp³-hybridized carbons (Fsp3) is 0.400. The lowest BCUT2D eigenvalue weighted by Gasteiger charge is -2.39. The van der Waals surface area contributed by atoms with Crippen LogP contribution < -0.4 is 32.1 Å². The number of aromatic amines is 1. The van der Waals surface area contributed by atoms with Gasteiger partial charge in [0.15, 0.2) is 0 Å². The van der Waals surface area contributed by atoms with Crippen molar-refractivity contribution in [3.8, 4) is 0 Å². The van der Waals surface area contributed by atoms with Crippen molar-refractivity contribution in [2.45, 2.75) is 90.1 Å². The number of urea groups is 1. The van der Waals surface area contributed by atoms with Gasteiger partial charge in [0.25, 0.3) is 5.91 Å². The molecule has 0 radical (unpaired) electrons. The molecule has 3 aromatic carbocycles. The van der Waals surface area contributed by atoms with E-state index >= 15 is 0 Å². The van der Waals surface area contributed by atoms with Crippen LogP contribution in [0.4, 0.5) is 28.0 Å². The molecule has 7 N–H and O–H groups in total. The number of hydrogen-bond acceptors (Lipinski definition) is 5. The molecule has 5 atom stereocenters. The van der Waals surface area contributed by atoms with Gasteiger partial charge in [0.2, 0.25) is 11.8 Å². The number of nitrogens with one attached hydrogen (secondary N) is 7. The van der Waals surface area contributed by atoms with Crippen LogP contribution in [0.2, 0.25) is 0 Å². The van der Waals surface area contributed by atoms with Gasteiger partial charge in [-0.2, -0.15) is 13.2 Å². The van der Waals surface area contributed by atoms with Crippen molar-refractivity contribution >= 4 is 40.3 Å². The minimum Gasteiger partial charge on any atom is -0.358 e. The summed E-state index contributed by atoms with van der Waals surface area (Å²) in [6.45, 7) is 7.06. The minimum atomic E-state index is -4.65. The van der Waals surface area contributed by atoms with Crippen LogP contribution in [-0.2, 0) is 39.9 Å². The lowest BCUT2D eigenvalue weighted by atomic mass is 9.78. The molecule has 0 aliphatic heterocycles. The average Bonchev–Trinajstić information content (AvgIpc) is 3.54. The van der Waals surface area contributed by atoms with Crippen LogP contribution in [0.5, 0.6) is 0 Å². The molecule has 1 aliphatic rings. The number of fused-ring (bicyclic) bond motifs is 3. The van der Waals surface area contributed by atoms with E-state index in [2.05, 4.69) is 37.1 Å². The molecule has 5 rings (SSSR count). The fourth-order valence-corrected chi connectivity index (χ4v) is 6.80. The number of hydrogen-bond donors (Lipinski definition) is 7. The highest BCUT2D eigenvalue weighted by Gasteiger charge is 2.47. The predicted octanol–water partition coefficient (Wildman–Crippen LogP) is 6.26. The van der Waals surface area contributed by atoms with E-state index in [0.29, 0.717) is 29.8 Å². The Bertz CT molecular complexity index is 2000. The quantitative estimate of drug-likeness (QED) is 0.0597. The zero-order valence-corrected chi connectivity index (χ0v) is 31.1. The van der Waals surface area contributed by atoms with E-state index in [0.717, 1.165) is 6.07 Å². The van der Waals surface area contributed by atoms with Gasteiger partial charge in [0.05, 0.1) is 16.8 Å². The van der Waals surface area contributed by atoms with E-state index in [9.17, 15) is 36.7 Å². The van der Waals surface area contributed by atoms with Gasteiger partial charge in [-0.05, 0) is 54.5 Å². The van der Waals surface area contributed by atoms with Crippen molar-refractivity contribution < 1.29 is 36.7 Å². The van der Waals surface area contributed by atoms with E-state index < -0.39 is 64.9 Å². The van der Waals surface area contributed by atoms with Crippen LogP contribution in [0, 0.1) is 17.7 Å². The number of aryl methyl sites for hydroxylation is 1. The Labute approximate surface area is 316 Å². The number of halogens is 4. The first-order chi connectivity index (χ1) is 26.2. The number of carbonyl (C=O) groups excluding carboxylic acids is 4. The van der Waals surface area contributed by atoms with Gasteiger partial charge in [-0.25, -0.2) is 9.18 Å². The maximum atomic E-state index is 14.7. The largest absolute Gasteiger partial charge is 0.418 e. The molecule has 5 amide bonds. The molecule has 11 nitrogen and oxygen atoms in total. The Morgan fingerprint density at radius 2 is 1.49 bits per heavy atom. The fourth-order valence-electron chi connectivity index (χ4n) is 6.80. The molecule has 55 heavy (non-hydrogen) atoms. The highest BCUT2D eigenvalue weighted by molar-refractivity contribution is 5.98. The van der Waals surface area contributed by atoms with Crippen LogP contribution >= 0.6 is 0 Å². The molecule has 0 bridgehead atoms. The Morgan fingerprint density at radius 1 is 0.836 bits per heavy atom. The smallest absolute Gasteiger partial charge is 0.358 e. The summed E-state index contributed by atoms with van der Waals surface area (Å²) in [6.07, 6.45) is -3.85. The molecule has 0 fully saturated rings. The van der Waals surface area contributed by atoms with Crippen molar-refractivity contribution in [1.82, 2.24) is 31.7 Å². The van der Waals surface area contributed by atoms with E-state index in [1.165, 1.54) is 30.3 Å². The van der Waals surface area contributed by atoms with Crippen LogP contribution in [0.25, 0.3) is 10.9 Å². The van der Waals surface area contributed by atoms with Crippen molar-refractivity contribution in [2.24, 2.45) is 11.8 Å². The van der Waals surface area contributed by atoms with Crippen LogP contribution in [-0.4, -0.2) is 46.4 Å². The average molecular weight is 766 g/mol. The molecular weight excluding hydrogens is 718 g/mol. The molecule has 1 aliphatic carbocycles. The second kappa shape index (κ2) is 17.2.